The third-order valence-corrected chi connectivity index (χ3v) is 3.18. The maximum absolute atomic E-state index is 6.00. The minimum atomic E-state index is 0.285. The molecule has 1 aliphatic heterocycles. The van der Waals surface area contributed by atoms with Gasteiger partial charge >= 0.3 is 0 Å². The molecule has 0 aliphatic carbocycles. The molecule has 96 valence electrons. The van der Waals surface area contributed by atoms with Gasteiger partial charge in [0.15, 0.2) is 0 Å². The summed E-state index contributed by atoms with van der Waals surface area (Å²) < 4.78 is 7.27. The van der Waals surface area contributed by atoms with Gasteiger partial charge in [-0.25, -0.2) is 4.98 Å². The number of rotatable bonds is 5. The average molecular weight is 238 g/mol. The molecular weight excluding hydrogens is 216 g/mol. The van der Waals surface area contributed by atoms with Crippen molar-refractivity contribution < 1.29 is 4.74 Å². The lowest BCUT2D eigenvalue weighted by molar-refractivity contribution is 0.190. The minimum absolute atomic E-state index is 0.285. The van der Waals surface area contributed by atoms with Gasteiger partial charge in [0.1, 0.15) is 0 Å². The van der Waals surface area contributed by atoms with E-state index < -0.39 is 0 Å². The Morgan fingerprint density at radius 3 is 3.24 bits per heavy atom. The molecule has 0 aromatic carbocycles. The SMILES string of the molecule is COCCCn1ccnc1N1CCC[C@@H](N)C1. The van der Waals surface area contributed by atoms with Crippen molar-refractivity contribution in [3.8, 4) is 0 Å². The fraction of sp³-hybridized carbons (Fsp3) is 0.750. The zero-order chi connectivity index (χ0) is 12.1. The van der Waals surface area contributed by atoms with Crippen molar-refractivity contribution >= 4 is 5.95 Å². The van der Waals surface area contributed by atoms with E-state index in [1.54, 1.807) is 7.11 Å². The highest BCUT2D eigenvalue weighted by atomic mass is 16.5. The van der Waals surface area contributed by atoms with Crippen molar-refractivity contribution in [2.45, 2.75) is 31.8 Å². The molecule has 5 heteroatoms. The number of aromatic nitrogens is 2. The molecule has 1 aromatic heterocycles. The molecule has 0 radical (unpaired) electrons. The Morgan fingerprint density at radius 1 is 1.59 bits per heavy atom. The van der Waals surface area contributed by atoms with Crippen LogP contribution < -0.4 is 10.6 Å². The summed E-state index contributed by atoms with van der Waals surface area (Å²) in [5.41, 5.74) is 6.00. The summed E-state index contributed by atoms with van der Waals surface area (Å²) in [5.74, 6) is 1.05. The highest BCUT2D eigenvalue weighted by Gasteiger charge is 2.19. The van der Waals surface area contributed by atoms with E-state index in [4.69, 9.17) is 10.5 Å². The minimum Gasteiger partial charge on any atom is -0.385 e. The fourth-order valence-electron chi connectivity index (χ4n) is 2.33. The number of imidazole rings is 1. The highest BCUT2D eigenvalue weighted by Crippen LogP contribution is 2.17. The van der Waals surface area contributed by atoms with Gasteiger partial charge in [-0.3, -0.25) is 0 Å². The normalized spacial score (nSPS) is 20.8. The Morgan fingerprint density at radius 2 is 2.47 bits per heavy atom. The van der Waals surface area contributed by atoms with Crippen molar-refractivity contribution in [2.75, 3.05) is 31.7 Å². The maximum atomic E-state index is 6.00. The first-order valence-corrected chi connectivity index (χ1v) is 6.32. The Bertz CT molecular complexity index is 339. The second kappa shape index (κ2) is 6.02. The third-order valence-electron chi connectivity index (χ3n) is 3.18. The van der Waals surface area contributed by atoms with Crippen LogP contribution in [0.25, 0.3) is 0 Å². The number of hydrogen-bond donors (Lipinski definition) is 1. The Labute approximate surface area is 103 Å². The molecule has 1 saturated heterocycles. The van der Waals surface area contributed by atoms with E-state index in [1.165, 1.54) is 0 Å². The maximum Gasteiger partial charge on any atom is 0.205 e. The van der Waals surface area contributed by atoms with E-state index in [9.17, 15) is 0 Å². The van der Waals surface area contributed by atoms with Crippen LogP contribution in [-0.2, 0) is 11.3 Å². The Kier molecular flexibility index (Phi) is 4.39. The molecule has 1 aliphatic rings. The number of piperidine rings is 1. The van der Waals surface area contributed by atoms with Crippen molar-refractivity contribution in [3.05, 3.63) is 12.4 Å². The predicted molar refractivity (Wildman–Crippen MR) is 68.1 cm³/mol. The van der Waals surface area contributed by atoms with Gasteiger partial charge in [0, 0.05) is 51.8 Å². The topological polar surface area (TPSA) is 56.3 Å². The van der Waals surface area contributed by atoms with E-state index >= 15 is 0 Å². The van der Waals surface area contributed by atoms with E-state index in [1.807, 2.05) is 12.4 Å². The predicted octanol–water partition coefficient (Wildman–Crippen LogP) is 0.847. The zero-order valence-electron chi connectivity index (χ0n) is 10.5. The second-order valence-corrected chi connectivity index (χ2v) is 4.62. The summed E-state index contributed by atoms with van der Waals surface area (Å²) in [6.07, 6.45) is 7.19. The van der Waals surface area contributed by atoms with Crippen LogP contribution in [0.2, 0.25) is 0 Å². The molecule has 2 rings (SSSR count). The lowest BCUT2D eigenvalue weighted by Gasteiger charge is -2.31. The van der Waals surface area contributed by atoms with Crippen LogP contribution in [0.15, 0.2) is 12.4 Å². The number of nitrogens with zero attached hydrogens (tertiary/aromatic N) is 3. The molecule has 5 nitrogen and oxygen atoms in total. The molecule has 1 fully saturated rings. The summed E-state index contributed by atoms with van der Waals surface area (Å²) in [6.45, 7) is 3.72. The summed E-state index contributed by atoms with van der Waals surface area (Å²) in [7, 11) is 1.73. The molecule has 0 spiro atoms. The number of aryl methyl sites for hydroxylation is 1. The van der Waals surface area contributed by atoms with Gasteiger partial charge < -0.3 is 19.9 Å². The monoisotopic (exact) mass is 238 g/mol. The van der Waals surface area contributed by atoms with Crippen molar-refractivity contribution in [1.29, 1.82) is 0 Å². The first kappa shape index (κ1) is 12.4. The van der Waals surface area contributed by atoms with Gasteiger partial charge in [-0.05, 0) is 19.3 Å². The number of methoxy groups -OCH3 is 1. The number of anilines is 1. The van der Waals surface area contributed by atoms with Gasteiger partial charge in [0.25, 0.3) is 0 Å². The number of ether oxygens (including phenoxy) is 1. The molecular formula is C12H22N4O. The smallest absolute Gasteiger partial charge is 0.205 e. The van der Waals surface area contributed by atoms with E-state index in [0.29, 0.717) is 0 Å². The van der Waals surface area contributed by atoms with E-state index in [-0.39, 0.29) is 6.04 Å². The third kappa shape index (κ3) is 3.20. The van der Waals surface area contributed by atoms with Crippen LogP contribution in [0, 0.1) is 0 Å². The molecule has 2 N–H and O–H groups in total. The first-order valence-electron chi connectivity index (χ1n) is 6.32. The highest BCUT2D eigenvalue weighted by molar-refractivity contribution is 5.32. The lowest BCUT2D eigenvalue weighted by atomic mass is 10.1. The molecule has 0 saturated carbocycles. The number of hydrogen-bond acceptors (Lipinski definition) is 4. The van der Waals surface area contributed by atoms with Crippen molar-refractivity contribution in [1.82, 2.24) is 9.55 Å². The second-order valence-electron chi connectivity index (χ2n) is 4.62. The molecule has 1 atom stereocenters. The zero-order valence-corrected chi connectivity index (χ0v) is 10.5. The Hall–Kier alpha value is -1.07. The van der Waals surface area contributed by atoms with Gasteiger partial charge in [0.05, 0.1) is 0 Å². The standard InChI is InChI=1S/C12H22N4O/c1-17-9-3-7-15-8-5-14-12(15)16-6-2-4-11(13)10-16/h5,8,11H,2-4,6-7,9-10,13H2,1H3/t11-/m1/s1. The van der Waals surface area contributed by atoms with E-state index in [2.05, 4.69) is 14.5 Å². The van der Waals surface area contributed by atoms with Gasteiger partial charge in [-0.2, -0.15) is 0 Å². The van der Waals surface area contributed by atoms with Crippen LogP contribution >= 0.6 is 0 Å². The quantitative estimate of drug-likeness (QED) is 0.773. The van der Waals surface area contributed by atoms with Crippen LogP contribution in [0.3, 0.4) is 0 Å². The summed E-state index contributed by atoms with van der Waals surface area (Å²) in [4.78, 5) is 6.74. The molecule has 2 heterocycles. The molecule has 1 aromatic rings. The fourth-order valence-corrected chi connectivity index (χ4v) is 2.33. The van der Waals surface area contributed by atoms with Gasteiger partial charge in [-0.1, -0.05) is 0 Å². The summed E-state index contributed by atoms with van der Waals surface area (Å²) in [6, 6.07) is 0.285. The summed E-state index contributed by atoms with van der Waals surface area (Å²) >= 11 is 0. The van der Waals surface area contributed by atoms with Crippen LogP contribution in [0.5, 0.6) is 0 Å². The molecule has 0 amide bonds. The number of nitrogens with two attached hydrogens (primary N) is 1. The largest absolute Gasteiger partial charge is 0.385 e. The summed E-state index contributed by atoms with van der Waals surface area (Å²) in [5, 5.41) is 0. The lowest BCUT2D eigenvalue weighted by Crippen LogP contribution is -2.44. The molecule has 0 bridgehead atoms. The molecule has 0 unspecified atom stereocenters. The van der Waals surface area contributed by atoms with Crippen molar-refractivity contribution in [2.24, 2.45) is 5.73 Å². The van der Waals surface area contributed by atoms with Crippen LogP contribution in [-0.4, -0.2) is 42.4 Å². The molecule has 17 heavy (non-hydrogen) atoms. The van der Waals surface area contributed by atoms with E-state index in [0.717, 1.165) is 51.5 Å². The van der Waals surface area contributed by atoms with Gasteiger partial charge in [0.2, 0.25) is 5.95 Å². The first-order chi connectivity index (χ1) is 8.31. The van der Waals surface area contributed by atoms with Crippen molar-refractivity contribution in [3.63, 3.8) is 0 Å². The van der Waals surface area contributed by atoms with Crippen LogP contribution in [0.1, 0.15) is 19.3 Å². The average Bonchev–Trinajstić information content (AvgIpc) is 2.78. The van der Waals surface area contributed by atoms with Gasteiger partial charge in [-0.15, -0.1) is 0 Å². The Balaban J connectivity index is 1.97. The van der Waals surface area contributed by atoms with Crippen LogP contribution in [0.4, 0.5) is 5.95 Å².